The number of amides is 2. The van der Waals surface area contributed by atoms with Gasteiger partial charge in [-0.15, -0.1) is 11.8 Å². The minimum absolute atomic E-state index is 0.000511. The molecule has 0 aromatic heterocycles. The first-order valence-corrected chi connectivity index (χ1v) is 12.5. The lowest BCUT2D eigenvalue weighted by molar-refractivity contribution is -0.140. The van der Waals surface area contributed by atoms with Crippen molar-refractivity contribution < 1.29 is 19.5 Å². The minimum Gasteiger partial charge on any atom is -0.480 e. The number of hydrogen-bond acceptors (Lipinski definition) is 4. The van der Waals surface area contributed by atoms with Crippen molar-refractivity contribution in [3.05, 3.63) is 143 Å². The van der Waals surface area contributed by atoms with Crippen LogP contribution in [0.25, 0.3) is 0 Å². The fourth-order valence-corrected chi connectivity index (χ4v) is 6.33. The first kappa shape index (κ1) is 23.6. The van der Waals surface area contributed by atoms with Gasteiger partial charge in [0.15, 0.2) is 0 Å². The molecule has 1 aliphatic rings. The molecule has 1 heterocycles. The van der Waals surface area contributed by atoms with Gasteiger partial charge in [0.25, 0.3) is 11.8 Å². The van der Waals surface area contributed by atoms with Crippen LogP contribution in [0.4, 0.5) is 0 Å². The van der Waals surface area contributed by atoms with E-state index in [0.717, 1.165) is 21.6 Å². The SMILES string of the molecule is O=C(O)C(CSC(c1ccccc1)(c1ccccc1)c1ccccc1)N1C(=O)c2ccccc2C1=O. The number of carbonyl (C=O) groups is 3. The van der Waals surface area contributed by atoms with Crippen molar-refractivity contribution in [2.45, 2.75) is 10.8 Å². The number of thioether (sulfide) groups is 1. The van der Waals surface area contributed by atoms with Gasteiger partial charge < -0.3 is 5.11 Å². The lowest BCUT2D eigenvalue weighted by Crippen LogP contribution is -2.47. The highest BCUT2D eigenvalue weighted by molar-refractivity contribution is 8.00. The Hall–Kier alpha value is -4.16. The third-order valence-electron chi connectivity index (χ3n) is 6.42. The maximum Gasteiger partial charge on any atom is 0.327 e. The molecule has 0 aliphatic carbocycles. The largest absolute Gasteiger partial charge is 0.480 e. The Morgan fingerprint density at radius 1 is 0.667 bits per heavy atom. The van der Waals surface area contributed by atoms with Crippen LogP contribution in [0.5, 0.6) is 0 Å². The van der Waals surface area contributed by atoms with E-state index in [0.29, 0.717) is 0 Å². The molecule has 1 atom stereocenters. The second-order valence-electron chi connectivity index (χ2n) is 8.47. The summed E-state index contributed by atoms with van der Waals surface area (Å²) in [6.45, 7) is 0. The zero-order valence-corrected chi connectivity index (χ0v) is 20.1. The monoisotopic (exact) mass is 493 g/mol. The van der Waals surface area contributed by atoms with Crippen molar-refractivity contribution in [3.8, 4) is 0 Å². The molecule has 1 aliphatic heterocycles. The standard InChI is InChI=1S/C30H23NO4S/c32-27-24-18-10-11-19-25(24)28(33)31(27)26(29(34)35)20-36-30(21-12-4-1-5-13-21,22-14-6-2-7-15-22)23-16-8-3-9-17-23/h1-19,26H,20H2,(H,34,35). The summed E-state index contributed by atoms with van der Waals surface area (Å²) >= 11 is 1.41. The van der Waals surface area contributed by atoms with Crippen molar-refractivity contribution in [1.29, 1.82) is 0 Å². The Kier molecular flexibility index (Phi) is 6.44. The molecule has 0 fully saturated rings. The quantitative estimate of drug-likeness (QED) is 0.261. The van der Waals surface area contributed by atoms with E-state index in [1.54, 1.807) is 24.3 Å². The molecule has 5 rings (SSSR count). The number of benzene rings is 4. The Morgan fingerprint density at radius 2 is 1.03 bits per heavy atom. The topological polar surface area (TPSA) is 74.7 Å². The molecular formula is C30H23NO4S. The van der Waals surface area contributed by atoms with Gasteiger partial charge in [-0.05, 0) is 28.8 Å². The highest BCUT2D eigenvalue weighted by Gasteiger charge is 2.45. The van der Waals surface area contributed by atoms with Gasteiger partial charge in [0.05, 0.1) is 15.9 Å². The first-order valence-electron chi connectivity index (χ1n) is 11.5. The van der Waals surface area contributed by atoms with E-state index in [9.17, 15) is 19.5 Å². The van der Waals surface area contributed by atoms with Crippen molar-refractivity contribution in [2.75, 3.05) is 5.75 Å². The van der Waals surface area contributed by atoms with Crippen molar-refractivity contribution in [2.24, 2.45) is 0 Å². The van der Waals surface area contributed by atoms with Gasteiger partial charge in [-0.3, -0.25) is 14.5 Å². The van der Waals surface area contributed by atoms with Gasteiger partial charge in [-0.1, -0.05) is 103 Å². The number of hydrogen-bond donors (Lipinski definition) is 1. The van der Waals surface area contributed by atoms with Crippen LogP contribution in [-0.4, -0.2) is 39.6 Å². The van der Waals surface area contributed by atoms with Crippen LogP contribution in [0.1, 0.15) is 37.4 Å². The number of carbonyl (C=O) groups excluding carboxylic acids is 2. The molecule has 2 amide bonds. The van der Waals surface area contributed by atoms with Crippen molar-refractivity contribution in [1.82, 2.24) is 4.90 Å². The number of carboxylic acid groups (broad SMARTS) is 1. The third-order valence-corrected chi connectivity index (χ3v) is 8.04. The fourth-order valence-electron chi connectivity index (χ4n) is 4.72. The van der Waals surface area contributed by atoms with Crippen LogP contribution < -0.4 is 0 Å². The number of nitrogens with zero attached hydrogens (tertiary/aromatic N) is 1. The molecule has 0 saturated heterocycles. The summed E-state index contributed by atoms with van der Waals surface area (Å²) in [5.74, 6) is -2.37. The van der Waals surface area contributed by atoms with Crippen LogP contribution in [0, 0.1) is 0 Å². The maximum absolute atomic E-state index is 13.1. The molecule has 0 spiro atoms. The molecule has 4 aromatic rings. The Bertz CT molecular complexity index is 1280. The molecule has 0 radical (unpaired) electrons. The number of imide groups is 1. The van der Waals surface area contributed by atoms with Gasteiger partial charge in [0, 0.05) is 5.75 Å². The van der Waals surface area contributed by atoms with Crippen LogP contribution in [0.3, 0.4) is 0 Å². The first-order chi connectivity index (χ1) is 17.5. The highest BCUT2D eigenvalue weighted by Crippen LogP contribution is 2.49. The average Bonchev–Trinajstić information content (AvgIpc) is 3.18. The predicted octanol–water partition coefficient (Wildman–Crippen LogP) is 5.46. The summed E-state index contributed by atoms with van der Waals surface area (Å²) in [6.07, 6.45) is 0. The van der Waals surface area contributed by atoms with Gasteiger partial charge in [-0.25, -0.2) is 4.79 Å². The summed E-state index contributed by atoms with van der Waals surface area (Å²) in [5, 5.41) is 10.2. The van der Waals surface area contributed by atoms with Crippen LogP contribution in [0.15, 0.2) is 115 Å². The van der Waals surface area contributed by atoms with Crippen molar-refractivity contribution >= 4 is 29.5 Å². The Balaban J connectivity index is 1.60. The molecule has 6 heteroatoms. The molecule has 1 N–H and O–H groups in total. The number of rotatable bonds is 8. The van der Waals surface area contributed by atoms with Crippen LogP contribution in [0.2, 0.25) is 0 Å². The van der Waals surface area contributed by atoms with E-state index in [2.05, 4.69) is 0 Å². The van der Waals surface area contributed by atoms with E-state index < -0.39 is 28.6 Å². The van der Waals surface area contributed by atoms with E-state index in [-0.39, 0.29) is 16.9 Å². The molecule has 1 unspecified atom stereocenters. The fraction of sp³-hybridized carbons (Fsp3) is 0.100. The smallest absolute Gasteiger partial charge is 0.327 e. The summed E-state index contributed by atoms with van der Waals surface area (Å²) < 4.78 is -0.768. The lowest BCUT2D eigenvalue weighted by Gasteiger charge is -2.37. The normalized spacial score (nSPS) is 13.9. The van der Waals surface area contributed by atoms with Gasteiger partial charge >= 0.3 is 5.97 Å². The lowest BCUT2D eigenvalue weighted by atomic mass is 9.84. The molecule has 4 aromatic carbocycles. The molecule has 178 valence electrons. The zero-order chi connectivity index (χ0) is 25.1. The summed E-state index contributed by atoms with van der Waals surface area (Å²) in [7, 11) is 0. The molecular weight excluding hydrogens is 470 g/mol. The molecule has 0 saturated carbocycles. The van der Waals surface area contributed by atoms with Gasteiger partial charge in [-0.2, -0.15) is 0 Å². The molecule has 36 heavy (non-hydrogen) atoms. The van der Waals surface area contributed by atoms with Crippen LogP contribution in [-0.2, 0) is 9.54 Å². The second-order valence-corrected chi connectivity index (χ2v) is 9.70. The van der Waals surface area contributed by atoms with Crippen molar-refractivity contribution in [3.63, 3.8) is 0 Å². The number of aliphatic carboxylic acids is 1. The third kappa shape index (κ3) is 3.99. The minimum atomic E-state index is -1.34. The maximum atomic E-state index is 13.1. The average molecular weight is 494 g/mol. The predicted molar refractivity (Wildman–Crippen MR) is 140 cm³/mol. The zero-order valence-electron chi connectivity index (χ0n) is 19.3. The van der Waals surface area contributed by atoms with E-state index in [1.165, 1.54) is 11.8 Å². The highest BCUT2D eigenvalue weighted by atomic mass is 32.2. The van der Waals surface area contributed by atoms with Crippen LogP contribution >= 0.6 is 11.8 Å². The molecule has 0 bridgehead atoms. The Morgan fingerprint density at radius 3 is 1.39 bits per heavy atom. The number of fused-ring (bicyclic) bond motifs is 1. The van der Waals surface area contributed by atoms with Gasteiger partial charge in [0.1, 0.15) is 6.04 Å². The molecule has 5 nitrogen and oxygen atoms in total. The number of carboxylic acids is 1. The second kappa shape index (κ2) is 9.84. The summed E-state index contributed by atoms with van der Waals surface area (Å²) in [5.41, 5.74) is 3.38. The van der Waals surface area contributed by atoms with E-state index in [4.69, 9.17) is 0 Å². The van der Waals surface area contributed by atoms with Gasteiger partial charge in [0.2, 0.25) is 0 Å². The Labute approximate surface area is 213 Å². The van der Waals surface area contributed by atoms with E-state index >= 15 is 0 Å². The summed E-state index contributed by atoms with van der Waals surface area (Å²) in [4.78, 5) is 39.6. The van der Waals surface area contributed by atoms with E-state index in [1.807, 2.05) is 91.0 Å². The summed E-state index contributed by atoms with van der Waals surface area (Å²) in [6, 6.07) is 34.8.